The summed E-state index contributed by atoms with van der Waals surface area (Å²) in [7, 11) is 0. The molecule has 0 bridgehead atoms. The summed E-state index contributed by atoms with van der Waals surface area (Å²) in [5, 5.41) is 0.929. The van der Waals surface area contributed by atoms with Gasteiger partial charge in [-0.1, -0.05) is 18.2 Å². The van der Waals surface area contributed by atoms with Gasteiger partial charge in [-0.25, -0.2) is 9.83 Å². The Morgan fingerprint density at radius 1 is 1.24 bits per heavy atom. The quantitative estimate of drug-likeness (QED) is 0.743. The molecule has 0 unspecified atom stereocenters. The fourth-order valence-electron chi connectivity index (χ4n) is 1.95. The van der Waals surface area contributed by atoms with Crippen LogP contribution in [0.4, 0.5) is 11.5 Å². The molecule has 0 atom stereocenters. The molecule has 2 aromatic rings. The fraction of sp³-hybridized carbons (Fsp3) is 0.286. The summed E-state index contributed by atoms with van der Waals surface area (Å²) < 4.78 is 0. The molecule has 1 aromatic carbocycles. The van der Waals surface area contributed by atoms with Crippen LogP contribution in [-0.2, 0) is 0 Å². The predicted molar refractivity (Wildman–Crippen MR) is 71.6 cm³/mol. The molecule has 3 nitrogen and oxygen atoms in total. The number of hydrogen-bond donors (Lipinski definition) is 0. The van der Waals surface area contributed by atoms with Gasteiger partial charge in [0.25, 0.3) is 0 Å². The van der Waals surface area contributed by atoms with Gasteiger partial charge in [0.1, 0.15) is 5.82 Å². The lowest BCUT2D eigenvalue weighted by molar-refractivity contribution is 0.850. The van der Waals surface area contributed by atoms with Crippen molar-refractivity contribution >= 4 is 22.4 Å². The van der Waals surface area contributed by atoms with Crippen molar-refractivity contribution in [2.75, 3.05) is 18.0 Å². The highest BCUT2D eigenvalue weighted by molar-refractivity contribution is 5.93. The molecule has 0 aliphatic carbocycles. The maximum absolute atomic E-state index is 7.26. The van der Waals surface area contributed by atoms with E-state index in [4.69, 9.17) is 6.57 Å². The van der Waals surface area contributed by atoms with E-state index < -0.39 is 0 Å². The van der Waals surface area contributed by atoms with E-state index in [0.717, 1.165) is 29.8 Å². The molecule has 0 N–H and O–H groups in total. The number of pyridine rings is 1. The molecule has 0 saturated carbocycles. The molecule has 0 fully saturated rings. The number of fused-ring (bicyclic) bond motifs is 1. The molecular weight excluding hydrogens is 210 g/mol. The van der Waals surface area contributed by atoms with Crippen LogP contribution in [0.15, 0.2) is 30.3 Å². The normalized spacial score (nSPS) is 10.2. The van der Waals surface area contributed by atoms with Gasteiger partial charge in [-0.15, -0.1) is 0 Å². The van der Waals surface area contributed by atoms with Crippen LogP contribution >= 0.6 is 0 Å². The molecule has 0 aliphatic rings. The molecule has 3 heteroatoms. The van der Waals surface area contributed by atoms with Crippen LogP contribution in [0.25, 0.3) is 15.7 Å². The second-order valence-electron chi connectivity index (χ2n) is 3.80. The van der Waals surface area contributed by atoms with Gasteiger partial charge in [0, 0.05) is 18.5 Å². The minimum absolute atomic E-state index is 0.678. The van der Waals surface area contributed by atoms with E-state index in [-0.39, 0.29) is 0 Å². The Labute approximate surface area is 102 Å². The van der Waals surface area contributed by atoms with Gasteiger partial charge in [-0.2, -0.15) is 0 Å². The standard InChI is InChI=1S/C14H15N3/c1-4-17(5-2)14-10-13(15-3)11-8-6-7-9-12(11)16-14/h6-10H,4-5H2,1-2H3. The van der Waals surface area contributed by atoms with Crippen LogP contribution in [0, 0.1) is 6.57 Å². The van der Waals surface area contributed by atoms with Crippen LogP contribution in [0.5, 0.6) is 0 Å². The van der Waals surface area contributed by atoms with Crippen LogP contribution < -0.4 is 4.90 Å². The third kappa shape index (κ3) is 2.07. The largest absolute Gasteiger partial charge is 0.358 e. The minimum atomic E-state index is 0.678. The topological polar surface area (TPSA) is 20.5 Å². The van der Waals surface area contributed by atoms with E-state index in [9.17, 15) is 0 Å². The van der Waals surface area contributed by atoms with Gasteiger partial charge in [0.05, 0.1) is 12.1 Å². The van der Waals surface area contributed by atoms with E-state index in [1.54, 1.807) is 0 Å². The first kappa shape index (κ1) is 11.4. The highest BCUT2D eigenvalue weighted by Gasteiger charge is 2.08. The Morgan fingerprint density at radius 3 is 2.59 bits per heavy atom. The number of hydrogen-bond acceptors (Lipinski definition) is 2. The second-order valence-corrected chi connectivity index (χ2v) is 3.80. The second kappa shape index (κ2) is 4.84. The SMILES string of the molecule is [C-]#[N+]c1cc(N(CC)CC)nc2ccccc12. The summed E-state index contributed by atoms with van der Waals surface area (Å²) in [6.45, 7) is 13.3. The zero-order valence-electron chi connectivity index (χ0n) is 10.1. The van der Waals surface area contributed by atoms with Crippen molar-refractivity contribution in [1.29, 1.82) is 0 Å². The number of nitrogens with zero attached hydrogens (tertiary/aromatic N) is 3. The smallest absolute Gasteiger partial charge is 0.200 e. The number of anilines is 1. The Balaban J connectivity index is 2.65. The van der Waals surface area contributed by atoms with Gasteiger partial charge in [0.15, 0.2) is 5.69 Å². The van der Waals surface area contributed by atoms with E-state index in [1.807, 2.05) is 30.3 Å². The molecule has 2 rings (SSSR count). The Bertz CT molecular complexity index is 565. The monoisotopic (exact) mass is 225 g/mol. The van der Waals surface area contributed by atoms with Gasteiger partial charge >= 0.3 is 0 Å². The molecule has 0 amide bonds. The first-order chi connectivity index (χ1) is 8.30. The zero-order chi connectivity index (χ0) is 12.3. The first-order valence-electron chi connectivity index (χ1n) is 5.82. The van der Waals surface area contributed by atoms with E-state index >= 15 is 0 Å². The summed E-state index contributed by atoms with van der Waals surface area (Å²) in [4.78, 5) is 10.4. The lowest BCUT2D eigenvalue weighted by Crippen LogP contribution is -2.22. The van der Waals surface area contributed by atoms with Crippen LogP contribution in [-0.4, -0.2) is 18.1 Å². The Morgan fingerprint density at radius 2 is 1.94 bits per heavy atom. The predicted octanol–water partition coefficient (Wildman–Crippen LogP) is 3.63. The Kier molecular flexibility index (Phi) is 3.24. The van der Waals surface area contributed by atoms with Gasteiger partial charge in [-0.05, 0) is 26.0 Å². The van der Waals surface area contributed by atoms with E-state index in [0.29, 0.717) is 5.69 Å². The number of para-hydroxylation sites is 1. The third-order valence-electron chi connectivity index (χ3n) is 2.89. The average Bonchev–Trinajstić information content (AvgIpc) is 2.39. The summed E-state index contributed by atoms with van der Waals surface area (Å²) in [6, 6.07) is 9.67. The summed E-state index contributed by atoms with van der Waals surface area (Å²) >= 11 is 0. The lowest BCUT2D eigenvalue weighted by atomic mass is 10.2. The third-order valence-corrected chi connectivity index (χ3v) is 2.89. The molecule has 0 radical (unpaired) electrons. The van der Waals surface area contributed by atoms with Crippen LogP contribution in [0.3, 0.4) is 0 Å². The molecule has 1 aromatic heterocycles. The molecule has 17 heavy (non-hydrogen) atoms. The minimum Gasteiger partial charge on any atom is -0.358 e. The van der Waals surface area contributed by atoms with Crippen LogP contribution in [0.1, 0.15) is 13.8 Å². The summed E-state index contributed by atoms with van der Waals surface area (Å²) in [6.07, 6.45) is 0. The van der Waals surface area contributed by atoms with E-state index in [2.05, 4.69) is 28.6 Å². The summed E-state index contributed by atoms with van der Waals surface area (Å²) in [5.41, 5.74) is 1.57. The molecule has 0 spiro atoms. The molecule has 0 saturated heterocycles. The van der Waals surface area contributed by atoms with Crippen molar-refractivity contribution < 1.29 is 0 Å². The average molecular weight is 225 g/mol. The molecule has 86 valence electrons. The lowest BCUT2D eigenvalue weighted by Gasteiger charge is -2.20. The Hall–Kier alpha value is -2.08. The van der Waals surface area contributed by atoms with Crippen molar-refractivity contribution in [1.82, 2.24) is 4.98 Å². The molecule has 0 aliphatic heterocycles. The maximum atomic E-state index is 7.26. The number of benzene rings is 1. The van der Waals surface area contributed by atoms with Crippen molar-refractivity contribution in [3.05, 3.63) is 41.7 Å². The fourth-order valence-corrected chi connectivity index (χ4v) is 1.95. The number of aromatic nitrogens is 1. The van der Waals surface area contributed by atoms with Crippen molar-refractivity contribution in [2.24, 2.45) is 0 Å². The van der Waals surface area contributed by atoms with E-state index in [1.165, 1.54) is 0 Å². The van der Waals surface area contributed by atoms with Crippen molar-refractivity contribution in [2.45, 2.75) is 13.8 Å². The summed E-state index contributed by atoms with van der Waals surface area (Å²) in [5.74, 6) is 0.889. The highest BCUT2D eigenvalue weighted by atomic mass is 15.2. The molecule has 1 heterocycles. The number of rotatable bonds is 3. The van der Waals surface area contributed by atoms with Gasteiger partial charge < -0.3 is 4.90 Å². The maximum Gasteiger partial charge on any atom is 0.200 e. The highest BCUT2D eigenvalue weighted by Crippen LogP contribution is 2.29. The molecular formula is C14H15N3. The van der Waals surface area contributed by atoms with Gasteiger partial charge in [-0.3, -0.25) is 0 Å². The van der Waals surface area contributed by atoms with Crippen molar-refractivity contribution in [3.8, 4) is 0 Å². The first-order valence-corrected chi connectivity index (χ1v) is 5.82. The zero-order valence-corrected chi connectivity index (χ0v) is 10.1. The van der Waals surface area contributed by atoms with Crippen LogP contribution in [0.2, 0.25) is 0 Å². The van der Waals surface area contributed by atoms with Crippen molar-refractivity contribution in [3.63, 3.8) is 0 Å². The van der Waals surface area contributed by atoms with Gasteiger partial charge in [0.2, 0.25) is 0 Å².